The van der Waals surface area contributed by atoms with E-state index in [0.29, 0.717) is 33.7 Å². The number of carbonyl (C=O) groups excluding carboxylic acids is 4. The Kier molecular flexibility index (Phi) is 9.74. The van der Waals surface area contributed by atoms with Crippen molar-refractivity contribution in [2.45, 2.75) is 25.5 Å². The number of benzene rings is 1. The molecule has 2 aliphatic rings. The van der Waals surface area contributed by atoms with Crippen molar-refractivity contribution in [3.05, 3.63) is 45.6 Å². The number of hydrogen-bond donors (Lipinski definition) is 2. The van der Waals surface area contributed by atoms with Gasteiger partial charge >= 0.3 is 12.1 Å². The molecule has 14 heteroatoms. The average Bonchev–Trinajstić information content (AvgIpc) is 3.51. The number of aliphatic carboxylic acids is 1. The van der Waals surface area contributed by atoms with Gasteiger partial charge in [-0.1, -0.05) is 11.6 Å². The first-order chi connectivity index (χ1) is 19.1. The maximum absolute atomic E-state index is 13.5. The number of amides is 3. The first-order valence-corrected chi connectivity index (χ1v) is 13.8. The van der Waals surface area contributed by atoms with Crippen molar-refractivity contribution >= 4 is 64.0 Å². The second kappa shape index (κ2) is 13.2. The number of carboxylic acids is 1. The summed E-state index contributed by atoms with van der Waals surface area (Å²) in [4.78, 5) is 66.4. The number of halogens is 1. The van der Waals surface area contributed by atoms with E-state index in [2.05, 4.69) is 5.32 Å². The third-order valence-electron chi connectivity index (χ3n) is 6.40. The molecule has 4 rings (SSSR count). The van der Waals surface area contributed by atoms with Gasteiger partial charge in [0.1, 0.15) is 18.5 Å². The highest BCUT2D eigenvalue weighted by atomic mass is 35.5. The van der Waals surface area contributed by atoms with Crippen molar-refractivity contribution in [3.8, 4) is 0 Å². The highest BCUT2D eigenvalue weighted by molar-refractivity contribution is 7.18. The Morgan fingerprint density at radius 2 is 1.85 bits per heavy atom. The number of carbonyl (C=O) groups is 5. The summed E-state index contributed by atoms with van der Waals surface area (Å²) >= 11 is 7.13. The monoisotopic (exact) mass is 592 g/mol. The highest BCUT2D eigenvalue weighted by Crippen LogP contribution is 2.28. The van der Waals surface area contributed by atoms with E-state index in [9.17, 15) is 24.0 Å². The normalized spacial score (nSPS) is 18.0. The topological polar surface area (TPSA) is 146 Å². The number of anilines is 2. The summed E-state index contributed by atoms with van der Waals surface area (Å²) in [6, 6.07) is 9.39. The number of ether oxygens (including phenoxy) is 2. The van der Waals surface area contributed by atoms with Crippen LogP contribution in [0.1, 0.15) is 23.0 Å². The molecular formula is C26H29ClN4O8S. The Morgan fingerprint density at radius 1 is 1.15 bits per heavy atom. The van der Waals surface area contributed by atoms with E-state index in [1.807, 2.05) is 0 Å². The number of hydrogen-bond acceptors (Lipinski definition) is 9. The van der Waals surface area contributed by atoms with Crippen molar-refractivity contribution in [1.29, 1.82) is 0 Å². The number of morpholine rings is 1. The predicted molar refractivity (Wildman–Crippen MR) is 147 cm³/mol. The van der Waals surface area contributed by atoms with Crippen LogP contribution in [0.2, 0.25) is 4.34 Å². The highest BCUT2D eigenvalue weighted by Gasteiger charge is 2.37. The molecule has 0 spiro atoms. The average molecular weight is 593 g/mol. The number of Topliss-reactive ketones (excluding diaryl/α,β-unsaturated/α-hetero) is 1. The molecule has 2 aromatic rings. The van der Waals surface area contributed by atoms with Gasteiger partial charge in [-0.25, -0.2) is 4.79 Å². The van der Waals surface area contributed by atoms with Crippen LogP contribution in [0.15, 0.2) is 36.4 Å². The number of thiophene rings is 1. The van der Waals surface area contributed by atoms with Crippen molar-refractivity contribution < 1.29 is 38.6 Å². The minimum absolute atomic E-state index is 0.0191. The second-order valence-corrected chi connectivity index (χ2v) is 11.1. The molecule has 2 atom stereocenters. The molecule has 1 aromatic carbocycles. The number of carboxylic acid groups (broad SMARTS) is 1. The number of nitrogens with zero attached hydrogens (tertiary/aromatic N) is 3. The lowest BCUT2D eigenvalue weighted by atomic mass is 10.1. The Labute approximate surface area is 239 Å². The van der Waals surface area contributed by atoms with Crippen molar-refractivity contribution in [1.82, 2.24) is 10.2 Å². The lowest BCUT2D eigenvalue weighted by molar-refractivity contribution is -0.136. The molecule has 3 amide bonds. The summed E-state index contributed by atoms with van der Waals surface area (Å²) in [6.45, 7) is 2.10. The summed E-state index contributed by atoms with van der Waals surface area (Å²) in [7, 11) is 0. The SMILES string of the molecule is CC(=O)CC(CNCC(=O)O)N(C[C@H]1CN(c2ccc(N3CCOCC3=O)cc2)C(=O)O1)C(=O)c1ccc(Cl)s1. The Balaban J connectivity index is 1.51. The Bertz CT molecular complexity index is 1270. The zero-order valence-corrected chi connectivity index (χ0v) is 23.3. The van der Waals surface area contributed by atoms with Gasteiger partial charge in [0, 0.05) is 30.9 Å². The molecule has 1 aromatic heterocycles. The van der Waals surface area contributed by atoms with Gasteiger partial charge in [-0.3, -0.25) is 24.1 Å². The molecule has 214 valence electrons. The van der Waals surface area contributed by atoms with Crippen LogP contribution < -0.4 is 15.1 Å². The van der Waals surface area contributed by atoms with Crippen LogP contribution in [0.3, 0.4) is 0 Å². The first kappa shape index (κ1) is 29.5. The van der Waals surface area contributed by atoms with Crippen LogP contribution in [0.4, 0.5) is 16.2 Å². The van der Waals surface area contributed by atoms with Gasteiger partial charge in [0.2, 0.25) is 0 Å². The summed E-state index contributed by atoms with van der Waals surface area (Å²) in [5.74, 6) is -1.81. The fraction of sp³-hybridized carbons (Fsp3) is 0.423. The molecule has 40 heavy (non-hydrogen) atoms. The third kappa shape index (κ3) is 7.36. The summed E-state index contributed by atoms with van der Waals surface area (Å²) in [5, 5.41) is 11.8. The number of cyclic esters (lactones) is 1. The molecule has 12 nitrogen and oxygen atoms in total. The molecule has 0 saturated carbocycles. The van der Waals surface area contributed by atoms with E-state index < -0.39 is 30.1 Å². The fourth-order valence-electron chi connectivity index (χ4n) is 4.59. The second-order valence-electron chi connectivity index (χ2n) is 9.38. The van der Waals surface area contributed by atoms with Crippen LogP contribution in [-0.4, -0.2) is 97.7 Å². The minimum Gasteiger partial charge on any atom is -0.480 e. The van der Waals surface area contributed by atoms with Crippen LogP contribution in [-0.2, 0) is 23.9 Å². The van der Waals surface area contributed by atoms with E-state index in [-0.39, 0.29) is 50.9 Å². The van der Waals surface area contributed by atoms with Crippen molar-refractivity contribution in [2.24, 2.45) is 0 Å². The molecule has 2 aliphatic heterocycles. The quantitative estimate of drug-likeness (QED) is 0.379. The number of rotatable bonds is 12. The third-order valence-corrected chi connectivity index (χ3v) is 7.62. The van der Waals surface area contributed by atoms with Crippen LogP contribution in [0.5, 0.6) is 0 Å². The molecule has 3 heterocycles. The lowest BCUT2D eigenvalue weighted by Crippen LogP contribution is -2.50. The van der Waals surface area contributed by atoms with E-state index in [4.69, 9.17) is 26.2 Å². The smallest absolute Gasteiger partial charge is 0.414 e. The van der Waals surface area contributed by atoms with E-state index >= 15 is 0 Å². The standard InChI is InChI=1S/C26H29ClN4O8S/c1-16(32)10-19(11-28-12-24(34)35)30(25(36)21-6-7-22(27)40-21)13-20-14-31(26(37)39-20)18-4-2-17(3-5-18)29-8-9-38-15-23(29)33/h2-7,19-20,28H,8-15H2,1H3,(H,34,35)/t19?,20-/m0/s1. The minimum atomic E-state index is -1.08. The maximum Gasteiger partial charge on any atom is 0.414 e. The van der Waals surface area contributed by atoms with E-state index in [0.717, 1.165) is 11.3 Å². The molecule has 0 bridgehead atoms. The first-order valence-electron chi connectivity index (χ1n) is 12.6. The van der Waals surface area contributed by atoms with Crippen molar-refractivity contribution in [2.75, 3.05) is 55.7 Å². The van der Waals surface area contributed by atoms with Gasteiger partial charge < -0.3 is 29.7 Å². The van der Waals surface area contributed by atoms with Crippen LogP contribution in [0.25, 0.3) is 0 Å². The van der Waals surface area contributed by atoms with Gasteiger partial charge in [0.15, 0.2) is 0 Å². The molecule has 2 N–H and O–H groups in total. The largest absolute Gasteiger partial charge is 0.480 e. The van der Waals surface area contributed by atoms with Gasteiger partial charge in [-0.15, -0.1) is 11.3 Å². The van der Waals surface area contributed by atoms with E-state index in [1.54, 1.807) is 41.3 Å². The molecule has 2 saturated heterocycles. The molecule has 0 radical (unpaired) electrons. The summed E-state index contributed by atoms with van der Waals surface area (Å²) in [5.41, 5.74) is 1.25. The molecule has 0 aliphatic carbocycles. The number of ketones is 1. The maximum atomic E-state index is 13.5. The van der Waals surface area contributed by atoms with Gasteiger partial charge in [-0.2, -0.15) is 0 Å². The molecule has 1 unspecified atom stereocenters. The van der Waals surface area contributed by atoms with Crippen molar-refractivity contribution in [3.63, 3.8) is 0 Å². The van der Waals surface area contributed by atoms with E-state index in [1.165, 1.54) is 16.7 Å². The molecule has 2 fully saturated rings. The Morgan fingerprint density at radius 3 is 2.45 bits per heavy atom. The van der Waals surface area contributed by atoms with Crippen LogP contribution in [0, 0.1) is 0 Å². The fourth-order valence-corrected chi connectivity index (χ4v) is 5.59. The predicted octanol–water partition coefficient (Wildman–Crippen LogP) is 2.25. The zero-order valence-electron chi connectivity index (χ0n) is 21.7. The van der Waals surface area contributed by atoms with Gasteiger partial charge in [-0.05, 0) is 43.3 Å². The Hall–Kier alpha value is -3.52. The molecular weight excluding hydrogens is 564 g/mol. The van der Waals surface area contributed by atoms with Gasteiger partial charge in [0.25, 0.3) is 11.8 Å². The summed E-state index contributed by atoms with van der Waals surface area (Å²) in [6.07, 6.45) is -1.34. The zero-order chi connectivity index (χ0) is 28.8. The summed E-state index contributed by atoms with van der Waals surface area (Å²) < 4.78 is 11.2. The van der Waals surface area contributed by atoms with Crippen LogP contribution >= 0.6 is 22.9 Å². The number of nitrogens with one attached hydrogen (secondary N) is 1. The van der Waals surface area contributed by atoms with Gasteiger partial charge in [0.05, 0.1) is 41.5 Å². The lowest BCUT2D eigenvalue weighted by Gasteiger charge is -2.32.